The van der Waals surface area contributed by atoms with Crippen LogP contribution in [0.2, 0.25) is 13.6 Å². The maximum absolute atomic E-state index is 12.7. The molecule has 16 nitrogen and oxygen atoms in total. The number of nitrogens with zero attached hydrogens (tertiary/aromatic N) is 10. The molecule has 4 aliphatic heterocycles. The predicted octanol–water partition coefficient (Wildman–Crippen LogP) is 2.73. The van der Waals surface area contributed by atoms with Crippen molar-refractivity contribution in [2.45, 2.75) is 32.2 Å². The molecule has 2 fully saturated rings. The second kappa shape index (κ2) is 17.8. The molecule has 2 unspecified atom stereocenters. The number of rotatable bonds is 8. The van der Waals surface area contributed by atoms with Crippen molar-refractivity contribution in [3.05, 3.63) is 83.3 Å². The lowest BCUT2D eigenvalue weighted by atomic mass is 9.82. The Hall–Kier alpha value is -5.13. The molecule has 0 bridgehead atoms. The molecule has 2 N–H and O–H groups in total. The maximum atomic E-state index is 12.7. The number of carbonyl (C=O) groups excluding carboxylic acids is 2. The summed E-state index contributed by atoms with van der Waals surface area (Å²) in [6, 6.07) is 7.12. The number of ether oxygens (including phenoxy) is 2. The molecule has 4 aromatic rings. The lowest BCUT2D eigenvalue weighted by molar-refractivity contribution is 0.0820. The molecule has 18 heteroatoms. The van der Waals surface area contributed by atoms with Gasteiger partial charge in [-0.1, -0.05) is 18.2 Å². The van der Waals surface area contributed by atoms with Crippen LogP contribution in [-0.4, -0.2) is 163 Å². The zero-order valence-electron chi connectivity index (χ0n) is 34.2. The Morgan fingerprint density at radius 2 is 1.22 bits per heavy atom. The number of morpholine rings is 2. The van der Waals surface area contributed by atoms with Crippen molar-refractivity contribution in [1.29, 1.82) is 0 Å². The van der Waals surface area contributed by atoms with E-state index in [1.807, 2.05) is 40.1 Å². The molecule has 2 aromatic carbocycles. The lowest BCUT2D eigenvalue weighted by Crippen LogP contribution is -2.37. The van der Waals surface area contributed by atoms with E-state index in [9.17, 15) is 19.6 Å². The van der Waals surface area contributed by atoms with Crippen LogP contribution in [0, 0.1) is 0 Å². The molecule has 8 rings (SSSR count). The molecule has 6 heterocycles. The molecular formula is C40H52B2N10O6. The summed E-state index contributed by atoms with van der Waals surface area (Å²) < 4.78 is 10.9. The Morgan fingerprint density at radius 3 is 1.71 bits per heavy atom. The Kier molecular flexibility index (Phi) is 12.6. The van der Waals surface area contributed by atoms with E-state index in [1.165, 1.54) is 0 Å². The van der Waals surface area contributed by atoms with Crippen molar-refractivity contribution in [1.82, 2.24) is 39.4 Å². The quantitative estimate of drug-likeness (QED) is 0.198. The summed E-state index contributed by atoms with van der Waals surface area (Å²) in [5, 5.41) is 20.5. The number of fused-ring (bicyclic) bond motifs is 2. The van der Waals surface area contributed by atoms with Crippen molar-refractivity contribution in [3.8, 4) is 0 Å². The highest BCUT2D eigenvalue weighted by molar-refractivity contribution is 6.46. The van der Waals surface area contributed by atoms with Gasteiger partial charge < -0.3 is 48.7 Å². The van der Waals surface area contributed by atoms with Crippen molar-refractivity contribution in [2.75, 3.05) is 97.1 Å². The molecule has 304 valence electrons. The topological polar surface area (TPSA) is 164 Å². The molecule has 58 heavy (non-hydrogen) atoms. The fourth-order valence-electron chi connectivity index (χ4n) is 7.81. The van der Waals surface area contributed by atoms with E-state index >= 15 is 0 Å². The van der Waals surface area contributed by atoms with Crippen LogP contribution in [0.25, 0.3) is 22.1 Å². The van der Waals surface area contributed by atoms with Crippen LogP contribution in [-0.2, 0) is 9.47 Å². The second-order valence-corrected chi connectivity index (χ2v) is 15.3. The van der Waals surface area contributed by atoms with Crippen molar-refractivity contribution >= 4 is 59.6 Å². The monoisotopic (exact) mass is 790 g/mol. The van der Waals surface area contributed by atoms with Crippen LogP contribution >= 0.6 is 0 Å². The molecule has 2 saturated heterocycles. The molecule has 4 aliphatic rings. The van der Waals surface area contributed by atoms with Gasteiger partial charge in [0.15, 0.2) is 0 Å². The van der Waals surface area contributed by atoms with Crippen LogP contribution in [0.5, 0.6) is 0 Å². The van der Waals surface area contributed by atoms with Gasteiger partial charge in [0.2, 0.25) is 0 Å². The van der Waals surface area contributed by atoms with Gasteiger partial charge in [0.05, 0.1) is 60.9 Å². The zero-order valence-corrected chi connectivity index (χ0v) is 34.2. The van der Waals surface area contributed by atoms with Crippen LogP contribution in [0.1, 0.15) is 50.3 Å². The van der Waals surface area contributed by atoms with Gasteiger partial charge in [-0.05, 0) is 50.5 Å². The van der Waals surface area contributed by atoms with Gasteiger partial charge in [-0.15, -0.1) is 0 Å². The minimum absolute atomic E-state index is 0.0817. The number of anilines is 2. The maximum Gasteiger partial charge on any atom is 0.409 e. The molecule has 2 aromatic heterocycles. The van der Waals surface area contributed by atoms with Gasteiger partial charge >= 0.3 is 14.1 Å². The standard InChI is InChI=1S/2C20H26BN5O3/c2*1-21(28)26-6-4-5-17(26)15-11-14(20(27)24(2)3)12-16-19(15)23-18(13-22-16)25-7-9-29-10-8-25/h4,6,11-13,17,28H,5,7-10H2,1-3H3;4-5,11-13,17,28H,6-10H2,1-3H3. The number of carbonyl (C=O) groups is 2. The van der Waals surface area contributed by atoms with Crippen LogP contribution in [0.4, 0.5) is 11.6 Å². The third kappa shape index (κ3) is 8.66. The number of hydrogen-bond donors (Lipinski definition) is 2. The van der Waals surface area contributed by atoms with E-state index in [-0.39, 0.29) is 23.9 Å². The molecule has 0 saturated carbocycles. The molecule has 0 aliphatic carbocycles. The molecule has 0 radical (unpaired) electrons. The first kappa shape index (κ1) is 41.0. The van der Waals surface area contributed by atoms with E-state index in [0.29, 0.717) is 55.1 Å². The van der Waals surface area contributed by atoms with E-state index in [4.69, 9.17) is 19.4 Å². The predicted molar refractivity (Wildman–Crippen MR) is 226 cm³/mol. The van der Waals surface area contributed by atoms with Crippen LogP contribution in [0.3, 0.4) is 0 Å². The minimum atomic E-state index is -0.641. The van der Waals surface area contributed by atoms with Gasteiger partial charge in [-0.2, -0.15) is 0 Å². The van der Waals surface area contributed by atoms with E-state index < -0.39 is 14.1 Å². The number of benzene rings is 2. The first-order valence-corrected chi connectivity index (χ1v) is 19.8. The Labute approximate surface area is 340 Å². The SMILES string of the molecule is CB(O)N1C=CCC1c1cc(C(=O)N(C)C)cc2ncc(N3CCOCC3)nc12.CB(O)N1CC=CC1c1cc(C(=O)N(C)C)cc2ncc(N3CCOCC3)nc12. The third-order valence-electron chi connectivity index (χ3n) is 10.9. The average molecular weight is 791 g/mol. The largest absolute Gasteiger partial charge is 0.437 e. The summed E-state index contributed by atoms with van der Waals surface area (Å²) in [6.07, 6.45) is 12.3. The second-order valence-electron chi connectivity index (χ2n) is 15.3. The summed E-state index contributed by atoms with van der Waals surface area (Å²) in [4.78, 5) is 55.7. The summed E-state index contributed by atoms with van der Waals surface area (Å²) in [5.41, 5.74) is 5.80. The summed E-state index contributed by atoms with van der Waals surface area (Å²) >= 11 is 0. The smallest absolute Gasteiger partial charge is 0.409 e. The summed E-state index contributed by atoms with van der Waals surface area (Å²) in [7, 11) is 5.68. The number of hydrogen-bond acceptors (Lipinski definition) is 14. The first-order chi connectivity index (χ1) is 27.9. The molecule has 2 amide bonds. The molecular weight excluding hydrogens is 738 g/mol. The Balaban J connectivity index is 0.000000177. The van der Waals surface area contributed by atoms with E-state index in [1.54, 1.807) is 76.2 Å². The lowest BCUT2D eigenvalue weighted by Gasteiger charge is -2.30. The van der Waals surface area contributed by atoms with Gasteiger partial charge in [0, 0.05) is 95.3 Å². The Morgan fingerprint density at radius 1 is 0.724 bits per heavy atom. The average Bonchev–Trinajstić information content (AvgIpc) is 3.94. The highest BCUT2D eigenvalue weighted by atomic mass is 16.5. The van der Waals surface area contributed by atoms with Crippen LogP contribution in [0.15, 0.2) is 61.1 Å². The summed E-state index contributed by atoms with van der Waals surface area (Å²) in [5.74, 6) is 1.45. The fraction of sp³-hybridized carbons (Fsp3) is 0.450. The van der Waals surface area contributed by atoms with Crippen molar-refractivity contribution < 1.29 is 29.1 Å². The minimum Gasteiger partial charge on any atom is -0.437 e. The summed E-state index contributed by atoms with van der Waals surface area (Å²) in [6.45, 7) is 9.92. The highest BCUT2D eigenvalue weighted by Gasteiger charge is 2.32. The zero-order chi connectivity index (χ0) is 41.1. The van der Waals surface area contributed by atoms with E-state index in [2.05, 4.69) is 25.8 Å². The van der Waals surface area contributed by atoms with Gasteiger partial charge in [0.25, 0.3) is 11.8 Å². The van der Waals surface area contributed by atoms with E-state index in [0.717, 1.165) is 66.4 Å². The normalized spacial score (nSPS) is 19.4. The van der Waals surface area contributed by atoms with Crippen molar-refractivity contribution in [3.63, 3.8) is 0 Å². The van der Waals surface area contributed by atoms with Crippen molar-refractivity contribution in [2.24, 2.45) is 0 Å². The van der Waals surface area contributed by atoms with Gasteiger partial charge in [0.1, 0.15) is 11.6 Å². The number of amides is 2. The van der Waals surface area contributed by atoms with Gasteiger partial charge in [-0.25, -0.2) is 9.97 Å². The third-order valence-corrected chi connectivity index (χ3v) is 10.9. The fourth-order valence-corrected chi connectivity index (χ4v) is 7.81. The molecule has 0 spiro atoms. The molecule has 2 atom stereocenters. The highest BCUT2D eigenvalue weighted by Crippen LogP contribution is 2.36. The van der Waals surface area contributed by atoms with Crippen LogP contribution < -0.4 is 9.80 Å². The van der Waals surface area contributed by atoms with Gasteiger partial charge in [-0.3, -0.25) is 19.6 Å². The first-order valence-electron chi connectivity index (χ1n) is 19.8. The Bertz CT molecular complexity index is 2190. The number of aromatic nitrogens is 4.